The van der Waals surface area contributed by atoms with Crippen LogP contribution in [0.1, 0.15) is 19.8 Å². The van der Waals surface area contributed by atoms with Crippen molar-refractivity contribution in [3.8, 4) is 0 Å². The molecule has 2 rings (SSSR count). The summed E-state index contributed by atoms with van der Waals surface area (Å²) in [5.74, 6) is 0. The maximum absolute atomic E-state index is 6.17. The van der Waals surface area contributed by atoms with Crippen LogP contribution in [0.5, 0.6) is 0 Å². The second-order valence-corrected chi connectivity index (χ2v) is 6.16. The van der Waals surface area contributed by atoms with Crippen molar-refractivity contribution in [3.63, 3.8) is 0 Å². The zero-order valence-electron chi connectivity index (χ0n) is 10.5. The van der Waals surface area contributed by atoms with E-state index in [9.17, 15) is 0 Å². The second-order valence-electron chi connectivity index (χ2n) is 4.94. The molecule has 2 unspecified atom stereocenters. The minimum absolute atomic E-state index is 0.436. The molecule has 100 valence electrons. The van der Waals surface area contributed by atoms with Gasteiger partial charge in [0.1, 0.15) is 0 Å². The maximum atomic E-state index is 6.17. The Labute approximate surface area is 123 Å². The van der Waals surface area contributed by atoms with Gasteiger partial charge in [0.25, 0.3) is 0 Å². The summed E-state index contributed by atoms with van der Waals surface area (Å²) in [6, 6.07) is 4.50. The Hall–Kier alpha value is -0.150. The topological polar surface area (TPSA) is 15.3 Å². The molecule has 1 fully saturated rings. The fraction of sp³-hybridized carbons (Fsp3) is 0.538. The summed E-state index contributed by atoms with van der Waals surface area (Å²) in [5, 5.41) is 5.11. The molecule has 0 aromatic heterocycles. The van der Waals surface area contributed by atoms with Crippen molar-refractivity contribution < 1.29 is 0 Å². The van der Waals surface area contributed by atoms with Crippen LogP contribution in [0.25, 0.3) is 0 Å². The molecule has 0 spiro atoms. The summed E-state index contributed by atoms with van der Waals surface area (Å²) >= 11 is 18.1. The highest BCUT2D eigenvalue weighted by Crippen LogP contribution is 2.33. The second kappa shape index (κ2) is 5.87. The van der Waals surface area contributed by atoms with Gasteiger partial charge in [-0.05, 0) is 38.9 Å². The van der Waals surface area contributed by atoms with Crippen molar-refractivity contribution in [2.75, 3.05) is 18.9 Å². The van der Waals surface area contributed by atoms with Gasteiger partial charge in [0, 0.05) is 18.6 Å². The Morgan fingerprint density at radius 1 is 1.17 bits per heavy atom. The molecule has 1 aromatic carbocycles. The Morgan fingerprint density at radius 2 is 1.83 bits per heavy atom. The zero-order valence-corrected chi connectivity index (χ0v) is 12.8. The van der Waals surface area contributed by atoms with Crippen LogP contribution >= 0.6 is 34.8 Å². The highest BCUT2D eigenvalue weighted by molar-refractivity contribution is 6.44. The molecular formula is C13H17Cl3N2. The number of anilines is 1. The van der Waals surface area contributed by atoms with Gasteiger partial charge in [-0.2, -0.15) is 0 Å². The van der Waals surface area contributed by atoms with Gasteiger partial charge in [0.15, 0.2) is 0 Å². The molecule has 1 N–H and O–H groups in total. The van der Waals surface area contributed by atoms with Crippen LogP contribution in [0, 0.1) is 0 Å². The van der Waals surface area contributed by atoms with Crippen molar-refractivity contribution in [1.82, 2.24) is 4.90 Å². The Bertz CT molecular complexity index is 436. The van der Waals surface area contributed by atoms with Crippen molar-refractivity contribution in [3.05, 3.63) is 27.2 Å². The van der Waals surface area contributed by atoms with E-state index in [0.29, 0.717) is 27.2 Å². The summed E-state index contributed by atoms with van der Waals surface area (Å²) in [6.07, 6.45) is 2.21. The summed E-state index contributed by atoms with van der Waals surface area (Å²) in [4.78, 5) is 2.37. The van der Waals surface area contributed by atoms with Crippen LogP contribution in [0.3, 0.4) is 0 Å². The van der Waals surface area contributed by atoms with Crippen molar-refractivity contribution in [2.24, 2.45) is 0 Å². The van der Waals surface area contributed by atoms with E-state index in [0.717, 1.165) is 25.1 Å². The summed E-state index contributed by atoms with van der Waals surface area (Å²) < 4.78 is 0. The molecule has 5 heteroatoms. The first kappa shape index (κ1) is 14.3. The number of rotatable bonds is 2. The summed E-state index contributed by atoms with van der Waals surface area (Å²) in [5.41, 5.74) is 0.868. The smallest absolute Gasteiger partial charge is 0.0653 e. The monoisotopic (exact) mass is 306 g/mol. The van der Waals surface area contributed by atoms with E-state index in [4.69, 9.17) is 34.8 Å². The molecular weight excluding hydrogens is 291 g/mol. The summed E-state index contributed by atoms with van der Waals surface area (Å²) in [6.45, 7) is 3.34. The van der Waals surface area contributed by atoms with Crippen LogP contribution < -0.4 is 5.32 Å². The van der Waals surface area contributed by atoms with Crippen LogP contribution in [0.2, 0.25) is 15.1 Å². The molecule has 2 nitrogen and oxygen atoms in total. The number of nitrogens with zero attached hydrogens (tertiary/aromatic N) is 1. The third kappa shape index (κ3) is 3.24. The number of hydrogen-bond acceptors (Lipinski definition) is 2. The maximum Gasteiger partial charge on any atom is 0.0653 e. The van der Waals surface area contributed by atoms with Crippen molar-refractivity contribution >= 4 is 40.5 Å². The SMILES string of the molecule is CC1CC(Nc2cc(Cl)c(Cl)cc2Cl)CCN1C. The largest absolute Gasteiger partial charge is 0.381 e. The van der Waals surface area contributed by atoms with E-state index in [-0.39, 0.29) is 0 Å². The van der Waals surface area contributed by atoms with Gasteiger partial charge in [0.2, 0.25) is 0 Å². The zero-order chi connectivity index (χ0) is 13.3. The first-order valence-corrected chi connectivity index (χ1v) is 7.22. The number of benzene rings is 1. The van der Waals surface area contributed by atoms with Crippen LogP contribution in [0.4, 0.5) is 5.69 Å². The Balaban J connectivity index is 2.08. The lowest BCUT2D eigenvalue weighted by molar-refractivity contribution is 0.190. The van der Waals surface area contributed by atoms with Crippen LogP contribution in [0.15, 0.2) is 12.1 Å². The molecule has 18 heavy (non-hydrogen) atoms. The average molecular weight is 308 g/mol. The van der Waals surface area contributed by atoms with E-state index in [1.807, 2.05) is 0 Å². The quantitative estimate of drug-likeness (QED) is 0.807. The van der Waals surface area contributed by atoms with Gasteiger partial charge < -0.3 is 10.2 Å². The predicted molar refractivity (Wildman–Crippen MR) is 80.2 cm³/mol. The number of hydrogen-bond donors (Lipinski definition) is 1. The van der Waals surface area contributed by atoms with Crippen LogP contribution in [-0.2, 0) is 0 Å². The number of halogens is 3. The molecule has 1 heterocycles. The number of likely N-dealkylation sites (tertiary alicyclic amines) is 1. The molecule has 0 aliphatic carbocycles. The summed E-state index contributed by atoms with van der Waals surface area (Å²) in [7, 11) is 2.16. The number of piperidine rings is 1. The third-order valence-corrected chi connectivity index (χ3v) is 4.61. The predicted octanol–water partition coefficient (Wildman–Crippen LogP) is 4.54. The normalized spacial score (nSPS) is 25.2. The fourth-order valence-corrected chi connectivity index (χ4v) is 2.87. The highest BCUT2D eigenvalue weighted by Gasteiger charge is 2.23. The van der Waals surface area contributed by atoms with E-state index >= 15 is 0 Å². The first-order valence-electron chi connectivity index (χ1n) is 6.08. The third-order valence-electron chi connectivity index (χ3n) is 3.58. The molecule has 0 saturated carbocycles. The molecule has 0 bridgehead atoms. The Morgan fingerprint density at radius 3 is 2.50 bits per heavy atom. The minimum atomic E-state index is 0.436. The molecule has 1 aliphatic rings. The van der Waals surface area contributed by atoms with E-state index < -0.39 is 0 Å². The van der Waals surface area contributed by atoms with Crippen LogP contribution in [-0.4, -0.2) is 30.6 Å². The van der Waals surface area contributed by atoms with Gasteiger partial charge >= 0.3 is 0 Å². The average Bonchev–Trinajstić information content (AvgIpc) is 2.31. The molecule has 1 saturated heterocycles. The lowest BCUT2D eigenvalue weighted by Crippen LogP contribution is -2.42. The Kier molecular flexibility index (Phi) is 4.65. The molecule has 2 atom stereocenters. The minimum Gasteiger partial charge on any atom is -0.381 e. The van der Waals surface area contributed by atoms with Gasteiger partial charge in [-0.15, -0.1) is 0 Å². The van der Waals surface area contributed by atoms with Gasteiger partial charge in [-0.25, -0.2) is 0 Å². The van der Waals surface area contributed by atoms with Gasteiger partial charge in [0.05, 0.1) is 20.8 Å². The van der Waals surface area contributed by atoms with E-state index in [1.54, 1.807) is 12.1 Å². The molecule has 0 amide bonds. The standard InChI is InChI=1S/C13H17Cl3N2/c1-8-5-9(3-4-18(8)2)17-13-7-11(15)10(14)6-12(13)16/h6-9,17H,3-5H2,1-2H3. The van der Waals surface area contributed by atoms with Crippen molar-refractivity contribution in [1.29, 1.82) is 0 Å². The number of nitrogens with one attached hydrogen (secondary N) is 1. The first-order chi connectivity index (χ1) is 8.47. The van der Waals surface area contributed by atoms with E-state index in [2.05, 4.69) is 24.2 Å². The van der Waals surface area contributed by atoms with Crippen molar-refractivity contribution in [2.45, 2.75) is 31.8 Å². The lowest BCUT2D eigenvalue weighted by atomic mass is 9.99. The van der Waals surface area contributed by atoms with Gasteiger partial charge in [-0.3, -0.25) is 0 Å². The van der Waals surface area contributed by atoms with E-state index in [1.165, 1.54) is 0 Å². The lowest BCUT2D eigenvalue weighted by Gasteiger charge is -2.36. The molecule has 1 aliphatic heterocycles. The highest BCUT2D eigenvalue weighted by atomic mass is 35.5. The molecule has 1 aromatic rings. The molecule has 0 radical (unpaired) electrons. The fourth-order valence-electron chi connectivity index (χ4n) is 2.27. The van der Waals surface area contributed by atoms with Gasteiger partial charge in [-0.1, -0.05) is 34.8 Å².